The van der Waals surface area contributed by atoms with Crippen LogP contribution in [-0.2, 0) is 9.59 Å². The molecule has 5 nitrogen and oxygen atoms in total. The van der Waals surface area contributed by atoms with Crippen molar-refractivity contribution in [3.05, 3.63) is 35.6 Å². The first-order valence-electron chi connectivity index (χ1n) is 10.4. The van der Waals surface area contributed by atoms with Gasteiger partial charge in [-0.15, -0.1) is 12.4 Å². The molecule has 2 unspecified atom stereocenters. The van der Waals surface area contributed by atoms with Crippen LogP contribution in [0.1, 0.15) is 48.9 Å². The van der Waals surface area contributed by atoms with E-state index in [1.807, 2.05) is 0 Å². The molecule has 0 bridgehead atoms. The number of Topliss-reactive ketones (excluding diaryl/α,β-unsaturated/α-hetero) is 1. The van der Waals surface area contributed by atoms with Crippen LogP contribution in [0.3, 0.4) is 0 Å². The fraction of sp³-hybridized carbons (Fsp3) is 0.591. The summed E-state index contributed by atoms with van der Waals surface area (Å²) in [6, 6.07) is 5.66. The number of rotatable bonds is 5. The number of imide groups is 1. The van der Waals surface area contributed by atoms with Crippen molar-refractivity contribution >= 4 is 30.0 Å². The molecule has 0 aromatic heterocycles. The summed E-state index contributed by atoms with van der Waals surface area (Å²) in [6.45, 7) is 2.41. The molecule has 7 heteroatoms. The van der Waals surface area contributed by atoms with Crippen LogP contribution in [0, 0.1) is 23.6 Å². The molecule has 3 aliphatic rings. The second-order valence-corrected chi connectivity index (χ2v) is 8.43. The van der Waals surface area contributed by atoms with E-state index in [9.17, 15) is 18.8 Å². The van der Waals surface area contributed by atoms with Crippen molar-refractivity contribution in [1.82, 2.24) is 9.80 Å². The highest BCUT2D eigenvalue weighted by Gasteiger charge is 2.48. The molecule has 3 fully saturated rings. The number of fused-ring (bicyclic) bond motifs is 1. The second kappa shape index (κ2) is 9.35. The third-order valence-electron chi connectivity index (χ3n) is 6.61. The van der Waals surface area contributed by atoms with Gasteiger partial charge in [0.05, 0.1) is 18.4 Å². The molecule has 158 valence electrons. The molecule has 29 heavy (non-hydrogen) atoms. The lowest BCUT2D eigenvalue weighted by molar-refractivity contribution is -0.140. The summed E-state index contributed by atoms with van der Waals surface area (Å²) in [5.41, 5.74) is 0.527. The Morgan fingerprint density at radius 3 is 2.03 bits per heavy atom. The monoisotopic (exact) mass is 422 g/mol. The van der Waals surface area contributed by atoms with E-state index in [-0.39, 0.29) is 47.7 Å². The largest absolute Gasteiger partial charge is 0.296 e. The van der Waals surface area contributed by atoms with Crippen molar-refractivity contribution in [3.8, 4) is 0 Å². The van der Waals surface area contributed by atoms with Crippen molar-refractivity contribution < 1.29 is 18.8 Å². The molecule has 2 amide bonds. The molecule has 1 aromatic carbocycles. The van der Waals surface area contributed by atoms with E-state index < -0.39 is 0 Å². The number of piperidine rings is 1. The predicted octanol–water partition coefficient (Wildman–Crippen LogP) is 3.32. The van der Waals surface area contributed by atoms with Gasteiger partial charge in [0.15, 0.2) is 5.78 Å². The first kappa shape index (κ1) is 21.9. The van der Waals surface area contributed by atoms with Crippen LogP contribution in [0.15, 0.2) is 24.3 Å². The van der Waals surface area contributed by atoms with E-state index in [4.69, 9.17) is 0 Å². The van der Waals surface area contributed by atoms with Crippen LogP contribution in [0.4, 0.5) is 4.39 Å². The lowest BCUT2D eigenvalue weighted by atomic mass is 9.81. The lowest BCUT2D eigenvalue weighted by Crippen LogP contribution is -2.42. The summed E-state index contributed by atoms with van der Waals surface area (Å²) in [6.07, 6.45) is 5.57. The minimum atomic E-state index is -0.344. The third kappa shape index (κ3) is 4.69. The predicted molar refractivity (Wildman–Crippen MR) is 109 cm³/mol. The molecule has 0 N–H and O–H groups in total. The minimum Gasteiger partial charge on any atom is -0.296 e. The third-order valence-corrected chi connectivity index (χ3v) is 6.61. The molecule has 1 aromatic rings. The Morgan fingerprint density at radius 1 is 0.931 bits per heavy atom. The van der Waals surface area contributed by atoms with E-state index in [2.05, 4.69) is 4.90 Å². The smallest absolute Gasteiger partial charge is 0.233 e. The molecule has 2 aliphatic heterocycles. The maximum atomic E-state index is 13.0. The van der Waals surface area contributed by atoms with E-state index in [0.29, 0.717) is 24.6 Å². The molecule has 2 atom stereocenters. The highest BCUT2D eigenvalue weighted by atomic mass is 35.5. The van der Waals surface area contributed by atoms with Gasteiger partial charge in [0.1, 0.15) is 5.82 Å². The van der Waals surface area contributed by atoms with Gasteiger partial charge < -0.3 is 0 Å². The Balaban J connectivity index is 0.00000240. The average Bonchev–Trinajstić information content (AvgIpc) is 2.95. The van der Waals surface area contributed by atoms with Crippen LogP contribution >= 0.6 is 12.4 Å². The van der Waals surface area contributed by atoms with Crippen molar-refractivity contribution in [2.75, 3.05) is 26.2 Å². The van der Waals surface area contributed by atoms with Crippen molar-refractivity contribution in [1.29, 1.82) is 0 Å². The number of amides is 2. The minimum absolute atomic E-state index is 0. The Kier molecular flexibility index (Phi) is 7.06. The van der Waals surface area contributed by atoms with Crippen molar-refractivity contribution in [2.24, 2.45) is 17.8 Å². The summed E-state index contributed by atoms with van der Waals surface area (Å²) < 4.78 is 13.0. The van der Waals surface area contributed by atoms with Crippen LogP contribution < -0.4 is 0 Å². The zero-order valence-electron chi connectivity index (χ0n) is 16.5. The van der Waals surface area contributed by atoms with Crippen molar-refractivity contribution in [3.63, 3.8) is 0 Å². The summed E-state index contributed by atoms with van der Waals surface area (Å²) >= 11 is 0. The number of carbonyl (C=O) groups is 3. The van der Waals surface area contributed by atoms with Gasteiger partial charge in [-0.2, -0.15) is 0 Å². The van der Waals surface area contributed by atoms with Crippen LogP contribution in [-0.4, -0.2) is 53.6 Å². The Labute approximate surface area is 177 Å². The fourth-order valence-corrected chi connectivity index (χ4v) is 4.93. The molecule has 1 saturated carbocycles. The van der Waals surface area contributed by atoms with Gasteiger partial charge in [0.25, 0.3) is 0 Å². The number of ketones is 1. The number of likely N-dealkylation sites (tertiary alicyclic amines) is 2. The van der Waals surface area contributed by atoms with Gasteiger partial charge in [-0.25, -0.2) is 4.39 Å². The summed E-state index contributed by atoms with van der Waals surface area (Å²) in [4.78, 5) is 41.3. The molecule has 2 heterocycles. The highest BCUT2D eigenvalue weighted by Crippen LogP contribution is 2.38. The maximum absolute atomic E-state index is 13.0. The van der Waals surface area contributed by atoms with Gasteiger partial charge in [0, 0.05) is 12.1 Å². The Hall–Kier alpha value is -1.79. The molecular weight excluding hydrogens is 395 g/mol. The summed E-state index contributed by atoms with van der Waals surface area (Å²) in [5, 5.41) is 0. The normalized spacial score (nSPS) is 25.6. The Bertz CT molecular complexity index is 738. The maximum Gasteiger partial charge on any atom is 0.233 e. The van der Waals surface area contributed by atoms with E-state index in [0.717, 1.165) is 51.6 Å². The van der Waals surface area contributed by atoms with E-state index >= 15 is 0 Å². The van der Waals surface area contributed by atoms with Gasteiger partial charge in [-0.3, -0.25) is 24.2 Å². The summed E-state index contributed by atoms with van der Waals surface area (Å²) in [5.74, 6) is -0.0996. The molecule has 1 aliphatic carbocycles. The van der Waals surface area contributed by atoms with Crippen LogP contribution in [0.5, 0.6) is 0 Å². The van der Waals surface area contributed by atoms with Crippen LogP contribution in [0.2, 0.25) is 0 Å². The number of carbonyl (C=O) groups excluding carboxylic acids is 3. The first-order chi connectivity index (χ1) is 13.5. The Morgan fingerprint density at radius 2 is 1.48 bits per heavy atom. The van der Waals surface area contributed by atoms with E-state index in [1.54, 1.807) is 0 Å². The van der Waals surface area contributed by atoms with Gasteiger partial charge in [0.2, 0.25) is 11.8 Å². The number of halogens is 2. The molecule has 4 rings (SSSR count). The second-order valence-electron chi connectivity index (χ2n) is 8.43. The average molecular weight is 423 g/mol. The van der Waals surface area contributed by atoms with Gasteiger partial charge in [-0.05, 0) is 69.0 Å². The molecular formula is C22H28ClFN2O3. The van der Waals surface area contributed by atoms with Crippen LogP contribution in [0.25, 0.3) is 0 Å². The number of benzene rings is 1. The standard InChI is InChI=1S/C22H27FN2O3.ClH/c23-17-7-5-16(6-8-17)20(26)14-24-11-9-15(10-12-24)13-25-21(27)18-3-1-2-4-19(18)22(25)28;/h5-8,15,18-19H,1-4,9-14H2;1H. The quantitative estimate of drug-likeness (QED) is 0.539. The molecule has 0 radical (unpaired) electrons. The van der Waals surface area contributed by atoms with E-state index in [1.165, 1.54) is 29.2 Å². The molecule has 2 saturated heterocycles. The molecule has 0 spiro atoms. The lowest BCUT2D eigenvalue weighted by Gasteiger charge is -2.33. The number of nitrogens with zero attached hydrogens (tertiary/aromatic N) is 2. The first-order valence-corrected chi connectivity index (χ1v) is 10.4. The van der Waals surface area contributed by atoms with Crippen molar-refractivity contribution in [2.45, 2.75) is 38.5 Å². The summed E-state index contributed by atoms with van der Waals surface area (Å²) in [7, 11) is 0. The SMILES string of the molecule is Cl.O=C(CN1CCC(CN2C(=O)C3CCCCC3C2=O)CC1)c1ccc(F)cc1. The zero-order valence-corrected chi connectivity index (χ0v) is 17.3. The van der Waals surface area contributed by atoms with Gasteiger partial charge >= 0.3 is 0 Å². The zero-order chi connectivity index (χ0) is 19.7. The number of hydrogen-bond donors (Lipinski definition) is 0. The topological polar surface area (TPSA) is 57.7 Å². The highest BCUT2D eigenvalue weighted by molar-refractivity contribution is 6.05. The fourth-order valence-electron chi connectivity index (χ4n) is 4.93. The number of hydrogen-bond acceptors (Lipinski definition) is 4. The van der Waals surface area contributed by atoms with Gasteiger partial charge in [-0.1, -0.05) is 12.8 Å².